The maximum Gasteiger partial charge on any atom is 0.348 e. The van der Waals surface area contributed by atoms with Crippen molar-refractivity contribution in [2.24, 2.45) is 5.92 Å². The van der Waals surface area contributed by atoms with Crippen LogP contribution in [0, 0.1) is 5.92 Å². The summed E-state index contributed by atoms with van der Waals surface area (Å²) in [5, 5.41) is 3.57. The van der Waals surface area contributed by atoms with Crippen LogP contribution in [0.3, 0.4) is 0 Å². The molecule has 17 heavy (non-hydrogen) atoms. The SMILES string of the molecule is COC(=O)c1ccc(NC(=O)C2CCCC2)s1. The van der Waals surface area contributed by atoms with Crippen molar-refractivity contribution in [1.29, 1.82) is 0 Å². The Hall–Kier alpha value is -1.36. The zero-order chi connectivity index (χ0) is 12.3. The normalized spacial score (nSPS) is 15.8. The third-order valence-electron chi connectivity index (χ3n) is 2.96. The monoisotopic (exact) mass is 253 g/mol. The minimum absolute atomic E-state index is 0.0702. The van der Waals surface area contributed by atoms with E-state index in [1.165, 1.54) is 18.4 Å². The van der Waals surface area contributed by atoms with Gasteiger partial charge in [0.05, 0.1) is 12.1 Å². The van der Waals surface area contributed by atoms with E-state index in [-0.39, 0.29) is 17.8 Å². The van der Waals surface area contributed by atoms with Gasteiger partial charge in [-0.05, 0) is 25.0 Å². The van der Waals surface area contributed by atoms with Crippen LogP contribution in [0.25, 0.3) is 0 Å². The number of hydrogen-bond donors (Lipinski definition) is 1. The lowest BCUT2D eigenvalue weighted by Crippen LogP contribution is -2.19. The van der Waals surface area contributed by atoms with Crippen molar-refractivity contribution < 1.29 is 14.3 Å². The van der Waals surface area contributed by atoms with Crippen LogP contribution in [0.4, 0.5) is 5.00 Å². The summed E-state index contributed by atoms with van der Waals surface area (Å²) in [5.74, 6) is -0.157. The van der Waals surface area contributed by atoms with E-state index in [1.54, 1.807) is 12.1 Å². The Kier molecular flexibility index (Phi) is 3.78. The number of methoxy groups -OCH3 is 1. The zero-order valence-electron chi connectivity index (χ0n) is 9.69. The van der Waals surface area contributed by atoms with E-state index < -0.39 is 0 Å². The molecule has 1 saturated carbocycles. The van der Waals surface area contributed by atoms with Gasteiger partial charge in [0.1, 0.15) is 4.88 Å². The minimum Gasteiger partial charge on any atom is -0.465 e. The molecule has 0 aliphatic heterocycles. The second kappa shape index (κ2) is 5.31. The number of anilines is 1. The van der Waals surface area contributed by atoms with Gasteiger partial charge in [0, 0.05) is 5.92 Å². The summed E-state index contributed by atoms with van der Waals surface area (Å²) in [7, 11) is 1.35. The molecule has 0 aromatic carbocycles. The molecule has 0 saturated heterocycles. The van der Waals surface area contributed by atoms with Crippen molar-refractivity contribution in [3.8, 4) is 0 Å². The number of rotatable bonds is 3. The molecule has 0 bridgehead atoms. The summed E-state index contributed by atoms with van der Waals surface area (Å²) in [5.41, 5.74) is 0. The molecule has 1 amide bonds. The van der Waals surface area contributed by atoms with Crippen LogP contribution in [0.5, 0.6) is 0 Å². The first-order valence-electron chi connectivity index (χ1n) is 5.69. The number of thiophene rings is 1. The standard InChI is InChI=1S/C12H15NO3S/c1-16-12(15)9-6-7-10(17-9)13-11(14)8-4-2-3-5-8/h6-8H,2-5H2,1H3,(H,13,14). The van der Waals surface area contributed by atoms with Gasteiger partial charge in [-0.15, -0.1) is 11.3 Å². The second-order valence-electron chi connectivity index (χ2n) is 4.13. The molecule has 1 heterocycles. The average Bonchev–Trinajstić information content (AvgIpc) is 2.98. The van der Waals surface area contributed by atoms with E-state index in [4.69, 9.17) is 0 Å². The first kappa shape index (κ1) is 12.1. The van der Waals surface area contributed by atoms with Gasteiger partial charge in [-0.1, -0.05) is 12.8 Å². The van der Waals surface area contributed by atoms with Crippen LogP contribution in [0.1, 0.15) is 35.4 Å². The Morgan fingerprint density at radius 2 is 2.06 bits per heavy atom. The highest BCUT2D eigenvalue weighted by molar-refractivity contribution is 7.18. The number of carbonyl (C=O) groups is 2. The summed E-state index contributed by atoms with van der Waals surface area (Å²) in [6.07, 6.45) is 4.22. The third-order valence-corrected chi connectivity index (χ3v) is 3.95. The molecule has 92 valence electrons. The number of esters is 1. The maximum atomic E-state index is 11.8. The van der Waals surface area contributed by atoms with E-state index >= 15 is 0 Å². The summed E-state index contributed by atoms with van der Waals surface area (Å²) >= 11 is 1.25. The van der Waals surface area contributed by atoms with Gasteiger partial charge in [0.25, 0.3) is 0 Å². The van der Waals surface area contributed by atoms with Crippen molar-refractivity contribution in [3.05, 3.63) is 17.0 Å². The molecule has 0 radical (unpaired) electrons. The van der Waals surface area contributed by atoms with Gasteiger partial charge >= 0.3 is 5.97 Å². The van der Waals surface area contributed by atoms with Crippen LogP contribution >= 0.6 is 11.3 Å². The first-order valence-corrected chi connectivity index (χ1v) is 6.51. The molecule has 1 aliphatic rings. The minimum atomic E-state index is -0.364. The highest BCUT2D eigenvalue weighted by Gasteiger charge is 2.23. The summed E-state index contributed by atoms with van der Waals surface area (Å²) in [4.78, 5) is 23.6. The summed E-state index contributed by atoms with van der Waals surface area (Å²) in [6.45, 7) is 0. The molecule has 0 spiro atoms. The van der Waals surface area contributed by atoms with Crippen molar-refractivity contribution in [2.45, 2.75) is 25.7 Å². The molecular formula is C12H15NO3S. The second-order valence-corrected chi connectivity index (χ2v) is 5.21. The molecule has 1 aliphatic carbocycles. The Balaban J connectivity index is 1.96. The van der Waals surface area contributed by atoms with Crippen molar-refractivity contribution >= 4 is 28.2 Å². The zero-order valence-corrected chi connectivity index (χ0v) is 10.5. The lowest BCUT2D eigenvalue weighted by Gasteiger charge is -2.07. The maximum absolute atomic E-state index is 11.8. The summed E-state index contributed by atoms with van der Waals surface area (Å²) < 4.78 is 4.61. The largest absolute Gasteiger partial charge is 0.465 e. The van der Waals surface area contributed by atoms with Crippen molar-refractivity contribution in [3.63, 3.8) is 0 Å². The van der Waals surface area contributed by atoms with Crippen LogP contribution < -0.4 is 5.32 Å². The van der Waals surface area contributed by atoms with Gasteiger partial charge in [-0.3, -0.25) is 4.79 Å². The Bertz CT molecular complexity index is 421. The lowest BCUT2D eigenvalue weighted by molar-refractivity contribution is -0.119. The van der Waals surface area contributed by atoms with Crippen LogP contribution in [0.2, 0.25) is 0 Å². The quantitative estimate of drug-likeness (QED) is 0.842. The number of amides is 1. The smallest absolute Gasteiger partial charge is 0.348 e. The molecule has 4 nitrogen and oxygen atoms in total. The Morgan fingerprint density at radius 1 is 1.35 bits per heavy atom. The van der Waals surface area contributed by atoms with Gasteiger partial charge in [0.2, 0.25) is 5.91 Å². The van der Waals surface area contributed by atoms with Crippen LogP contribution in [-0.4, -0.2) is 19.0 Å². The molecule has 1 N–H and O–H groups in total. The highest BCUT2D eigenvalue weighted by Crippen LogP contribution is 2.28. The molecule has 1 aromatic rings. The fraction of sp³-hybridized carbons (Fsp3) is 0.500. The summed E-state index contributed by atoms with van der Waals surface area (Å²) in [6, 6.07) is 3.41. The highest BCUT2D eigenvalue weighted by atomic mass is 32.1. The van der Waals surface area contributed by atoms with E-state index in [2.05, 4.69) is 10.1 Å². The molecular weight excluding hydrogens is 238 g/mol. The van der Waals surface area contributed by atoms with Gasteiger partial charge < -0.3 is 10.1 Å². The Morgan fingerprint density at radius 3 is 2.71 bits per heavy atom. The predicted molar refractivity (Wildman–Crippen MR) is 66.2 cm³/mol. The van der Waals surface area contributed by atoms with Gasteiger partial charge in [-0.25, -0.2) is 4.79 Å². The van der Waals surface area contributed by atoms with Crippen molar-refractivity contribution in [1.82, 2.24) is 0 Å². The number of hydrogen-bond acceptors (Lipinski definition) is 4. The van der Waals surface area contributed by atoms with E-state index in [0.717, 1.165) is 25.7 Å². The molecule has 1 aromatic heterocycles. The molecule has 1 fully saturated rings. The van der Waals surface area contributed by atoms with Crippen LogP contribution in [0.15, 0.2) is 12.1 Å². The molecule has 5 heteroatoms. The molecule has 0 unspecified atom stereocenters. The fourth-order valence-electron chi connectivity index (χ4n) is 2.03. The topological polar surface area (TPSA) is 55.4 Å². The fourth-order valence-corrected chi connectivity index (χ4v) is 2.85. The van der Waals surface area contributed by atoms with E-state index in [9.17, 15) is 9.59 Å². The Labute approximate surface area is 104 Å². The van der Waals surface area contributed by atoms with Crippen molar-refractivity contribution in [2.75, 3.05) is 12.4 Å². The molecule has 2 rings (SSSR count). The first-order chi connectivity index (χ1) is 8.20. The molecule has 0 atom stereocenters. The lowest BCUT2D eigenvalue weighted by atomic mass is 10.1. The van der Waals surface area contributed by atoms with Crippen LogP contribution in [-0.2, 0) is 9.53 Å². The average molecular weight is 253 g/mol. The van der Waals surface area contributed by atoms with E-state index in [0.29, 0.717) is 9.88 Å². The van der Waals surface area contributed by atoms with Gasteiger partial charge in [-0.2, -0.15) is 0 Å². The third kappa shape index (κ3) is 2.85. The number of ether oxygens (including phenoxy) is 1. The number of carbonyl (C=O) groups excluding carboxylic acids is 2. The predicted octanol–water partition coefficient (Wildman–Crippen LogP) is 2.66. The van der Waals surface area contributed by atoms with E-state index in [1.807, 2.05) is 0 Å². The van der Waals surface area contributed by atoms with Gasteiger partial charge in [0.15, 0.2) is 0 Å². The number of nitrogens with one attached hydrogen (secondary N) is 1.